The van der Waals surface area contributed by atoms with Crippen molar-refractivity contribution in [1.82, 2.24) is 10.2 Å². The summed E-state index contributed by atoms with van der Waals surface area (Å²) in [4.78, 5) is 2.25. The Morgan fingerprint density at radius 2 is 2.18 bits per heavy atom. The van der Waals surface area contributed by atoms with Gasteiger partial charge in [-0.05, 0) is 38.2 Å². The molecule has 0 aliphatic rings. The van der Waals surface area contributed by atoms with Crippen molar-refractivity contribution in [3.63, 3.8) is 0 Å². The molecule has 2 nitrogen and oxygen atoms in total. The van der Waals surface area contributed by atoms with Crippen molar-refractivity contribution in [2.75, 3.05) is 26.7 Å². The second kappa shape index (κ2) is 7.09. The van der Waals surface area contributed by atoms with E-state index < -0.39 is 0 Å². The highest BCUT2D eigenvalue weighted by Crippen LogP contribution is 2.23. The summed E-state index contributed by atoms with van der Waals surface area (Å²) < 4.78 is 13.8. The summed E-state index contributed by atoms with van der Waals surface area (Å²) in [6.45, 7) is 7.22. The molecule has 0 heterocycles. The van der Waals surface area contributed by atoms with Gasteiger partial charge in [0.15, 0.2) is 0 Å². The number of hydrogen-bond donors (Lipinski definition) is 1. The largest absolute Gasteiger partial charge is 0.309 e. The lowest BCUT2D eigenvalue weighted by Crippen LogP contribution is -2.30. The Bertz CT molecular complexity index is 357. The third-order valence-corrected chi connectivity index (χ3v) is 3.60. The lowest BCUT2D eigenvalue weighted by Gasteiger charge is -2.19. The van der Waals surface area contributed by atoms with Gasteiger partial charge in [0.25, 0.3) is 0 Å². The monoisotopic (exact) mass is 302 g/mol. The van der Waals surface area contributed by atoms with Gasteiger partial charge in [0, 0.05) is 23.6 Å². The molecule has 1 aromatic carbocycles. The van der Waals surface area contributed by atoms with Crippen molar-refractivity contribution < 1.29 is 4.39 Å². The van der Waals surface area contributed by atoms with Crippen molar-refractivity contribution >= 4 is 15.9 Å². The Balaban J connectivity index is 2.49. The molecule has 0 fully saturated rings. The molecule has 17 heavy (non-hydrogen) atoms. The Morgan fingerprint density at radius 1 is 1.47 bits per heavy atom. The lowest BCUT2D eigenvalue weighted by atomic mass is 10.1. The number of nitrogens with one attached hydrogen (secondary N) is 1. The van der Waals surface area contributed by atoms with E-state index in [0.717, 1.165) is 29.7 Å². The molecule has 0 aliphatic carbocycles. The average molecular weight is 303 g/mol. The average Bonchev–Trinajstić information content (AvgIpc) is 2.28. The highest BCUT2D eigenvalue weighted by molar-refractivity contribution is 9.10. The lowest BCUT2D eigenvalue weighted by molar-refractivity contribution is 0.342. The van der Waals surface area contributed by atoms with E-state index in [2.05, 4.69) is 47.0 Å². The quantitative estimate of drug-likeness (QED) is 0.868. The van der Waals surface area contributed by atoms with Crippen LogP contribution in [0, 0.1) is 5.82 Å². The van der Waals surface area contributed by atoms with E-state index in [9.17, 15) is 4.39 Å². The van der Waals surface area contributed by atoms with Gasteiger partial charge in [0.05, 0.1) is 0 Å². The van der Waals surface area contributed by atoms with E-state index in [1.165, 1.54) is 12.1 Å². The molecule has 1 atom stereocenters. The molecule has 1 N–H and O–H groups in total. The first kappa shape index (κ1) is 14.6. The fourth-order valence-corrected chi connectivity index (χ4v) is 2.29. The molecule has 4 heteroatoms. The molecule has 0 aromatic heterocycles. The SMILES string of the molecule is CCN(C)CCNC(C)c1ccc(F)cc1Br. The van der Waals surface area contributed by atoms with Crippen molar-refractivity contribution in [3.05, 3.63) is 34.1 Å². The fourth-order valence-electron chi connectivity index (χ4n) is 1.59. The van der Waals surface area contributed by atoms with Gasteiger partial charge in [-0.1, -0.05) is 28.9 Å². The van der Waals surface area contributed by atoms with Crippen LogP contribution in [0.5, 0.6) is 0 Å². The molecule has 1 rings (SSSR count). The maximum Gasteiger partial charge on any atom is 0.124 e. The normalized spacial score (nSPS) is 13.1. The number of rotatable bonds is 6. The van der Waals surface area contributed by atoms with Gasteiger partial charge in [0.1, 0.15) is 5.82 Å². The van der Waals surface area contributed by atoms with Crippen LogP contribution in [0.1, 0.15) is 25.5 Å². The predicted octanol–water partition coefficient (Wildman–Crippen LogP) is 3.19. The smallest absolute Gasteiger partial charge is 0.124 e. The van der Waals surface area contributed by atoms with Crippen LogP contribution in [0.2, 0.25) is 0 Å². The van der Waals surface area contributed by atoms with E-state index in [4.69, 9.17) is 0 Å². The zero-order valence-corrected chi connectivity index (χ0v) is 12.2. The zero-order valence-electron chi connectivity index (χ0n) is 10.6. The summed E-state index contributed by atoms with van der Waals surface area (Å²) >= 11 is 3.39. The second-order valence-corrected chi connectivity index (χ2v) is 5.09. The molecule has 0 saturated heterocycles. The minimum Gasteiger partial charge on any atom is -0.309 e. The number of benzene rings is 1. The van der Waals surface area contributed by atoms with E-state index in [1.54, 1.807) is 0 Å². The topological polar surface area (TPSA) is 15.3 Å². The van der Waals surface area contributed by atoms with Crippen LogP contribution in [-0.4, -0.2) is 31.6 Å². The summed E-state index contributed by atoms with van der Waals surface area (Å²) in [5.74, 6) is -0.210. The third kappa shape index (κ3) is 4.74. The first-order valence-electron chi connectivity index (χ1n) is 5.91. The molecular formula is C13H20BrFN2. The minimum absolute atomic E-state index is 0.210. The molecule has 96 valence electrons. The summed E-state index contributed by atoms with van der Waals surface area (Å²) in [5, 5.41) is 3.43. The fraction of sp³-hybridized carbons (Fsp3) is 0.538. The van der Waals surface area contributed by atoms with E-state index in [-0.39, 0.29) is 11.9 Å². The molecule has 0 spiro atoms. The maximum absolute atomic E-state index is 13.0. The van der Waals surface area contributed by atoms with Crippen LogP contribution in [0.25, 0.3) is 0 Å². The van der Waals surface area contributed by atoms with Crippen molar-refractivity contribution in [3.8, 4) is 0 Å². The van der Waals surface area contributed by atoms with Crippen LogP contribution in [0.15, 0.2) is 22.7 Å². The summed E-state index contributed by atoms with van der Waals surface area (Å²) in [6.07, 6.45) is 0. The molecule has 0 radical (unpaired) electrons. The van der Waals surface area contributed by atoms with Gasteiger partial charge in [-0.2, -0.15) is 0 Å². The van der Waals surface area contributed by atoms with Crippen LogP contribution in [0.3, 0.4) is 0 Å². The highest BCUT2D eigenvalue weighted by Gasteiger charge is 2.09. The summed E-state index contributed by atoms with van der Waals surface area (Å²) in [7, 11) is 2.10. The van der Waals surface area contributed by atoms with Crippen LogP contribution < -0.4 is 5.32 Å². The number of nitrogens with zero attached hydrogens (tertiary/aromatic N) is 1. The van der Waals surface area contributed by atoms with Crippen molar-refractivity contribution in [2.45, 2.75) is 19.9 Å². The van der Waals surface area contributed by atoms with Crippen LogP contribution >= 0.6 is 15.9 Å². The third-order valence-electron chi connectivity index (χ3n) is 2.91. The summed E-state index contributed by atoms with van der Waals surface area (Å²) in [5.41, 5.74) is 1.09. The molecule has 0 aliphatic heterocycles. The van der Waals surface area contributed by atoms with Gasteiger partial charge >= 0.3 is 0 Å². The predicted molar refractivity (Wildman–Crippen MR) is 73.7 cm³/mol. The van der Waals surface area contributed by atoms with Crippen molar-refractivity contribution in [2.24, 2.45) is 0 Å². The Morgan fingerprint density at radius 3 is 2.76 bits per heavy atom. The molecule has 1 unspecified atom stereocenters. The van der Waals surface area contributed by atoms with Crippen LogP contribution in [0.4, 0.5) is 4.39 Å². The highest BCUT2D eigenvalue weighted by atomic mass is 79.9. The summed E-state index contributed by atoms with van der Waals surface area (Å²) in [6, 6.07) is 5.04. The standard InChI is InChI=1S/C13H20BrFN2/c1-4-17(3)8-7-16-10(2)12-6-5-11(15)9-13(12)14/h5-6,9-10,16H,4,7-8H2,1-3H3. The molecular weight excluding hydrogens is 283 g/mol. The van der Waals surface area contributed by atoms with Crippen molar-refractivity contribution in [1.29, 1.82) is 0 Å². The van der Waals surface area contributed by atoms with Gasteiger partial charge in [-0.3, -0.25) is 0 Å². The molecule has 1 aromatic rings. The zero-order chi connectivity index (χ0) is 12.8. The minimum atomic E-state index is -0.210. The van der Waals surface area contributed by atoms with E-state index >= 15 is 0 Å². The van der Waals surface area contributed by atoms with E-state index in [1.807, 2.05) is 6.07 Å². The van der Waals surface area contributed by atoms with Crippen LogP contribution in [-0.2, 0) is 0 Å². The van der Waals surface area contributed by atoms with Gasteiger partial charge in [0.2, 0.25) is 0 Å². The second-order valence-electron chi connectivity index (χ2n) is 4.24. The number of hydrogen-bond acceptors (Lipinski definition) is 2. The van der Waals surface area contributed by atoms with Gasteiger partial charge in [-0.25, -0.2) is 4.39 Å². The molecule has 0 saturated carbocycles. The van der Waals surface area contributed by atoms with Gasteiger partial charge in [-0.15, -0.1) is 0 Å². The Hall–Kier alpha value is -0.450. The first-order chi connectivity index (χ1) is 8.04. The molecule has 0 bridgehead atoms. The maximum atomic E-state index is 13.0. The number of likely N-dealkylation sites (N-methyl/N-ethyl adjacent to an activating group) is 1. The molecule has 0 amide bonds. The van der Waals surface area contributed by atoms with Gasteiger partial charge < -0.3 is 10.2 Å². The van der Waals surface area contributed by atoms with E-state index in [0.29, 0.717) is 0 Å². The Kier molecular flexibility index (Phi) is 6.09. The first-order valence-corrected chi connectivity index (χ1v) is 6.70. The Labute approximate surface area is 111 Å². The number of halogens is 2.